The molecule has 1 aliphatic heterocycles. The van der Waals surface area contributed by atoms with E-state index in [0.29, 0.717) is 6.42 Å². The number of aliphatic hydroxyl groups is 1. The van der Waals surface area contributed by atoms with Crippen molar-refractivity contribution < 1.29 is 9.90 Å². The minimum atomic E-state index is -0.0771. The molecule has 1 amide bonds. The molecule has 17 heavy (non-hydrogen) atoms. The number of aliphatic hydroxyl groups excluding tert-OH is 1. The average molecular weight is 233 g/mol. The first-order valence-electron chi connectivity index (χ1n) is 6.20. The first-order chi connectivity index (χ1) is 8.27. The van der Waals surface area contributed by atoms with Crippen LogP contribution < -0.4 is 5.32 Å². The molecule has 0 aromatic heterocycles. The monoisotopic (exact) mass is 233 g/mol. The summed E-state index contributed by atoms with van der Waals surface area (Å²) in [5.74, 6) is 0.123. The van der Waals surface area contributed by atoms with Crippen molar-refractivity contribution in [2.24, 2.45) is 0 Å². The second-order valence-corrected chi connectivity index (χ2v) is 4.75. The zero-order valence-electron chi connectivity index (χ0n) is 9.98. The molecule has 1 unspecified atom stereocenters. The van der Waals surface area contributed by atoms with Gasteiger partial charge in [-0.15, -0.1) is 0 Å². The Labute approximate surface area is 102 Å². The third kappa shape index (κ3) is 2.67. The Bertz CT molecular complexity index is 377. The standard InChI is InChI=1S/C14H19NO2/c16-10-4-7-14(8-9-15-13(17)11-14)12-5-2-1-3-6-12/h1-3,5-6,16H,4,7-11H2,(H,15,17). The van der Waals surface area contributed by atoms with E-state index in [0.717, 1.165) is 25.8 Å². The van der Waals surface area contributed by atoms with Crippen molar-refractivity contribution in [1.82, 2.24) is 5.32 Å². The van der Waals surface area contributed by atoms with Crippen LogP contribution in [0.5, 0.6) is 0 Å². The molecule has 1 atom stereocenters. The van der Waals surface area contributed by atoms with Crippen molar-refractivity contribution in [3.8, 4) is 0 Å². The van der Waals surface area contributed by atoms with Crippen LogP contribution in [-0.4, -0.2) is 24.2 Å². The van der Waals surface area contributed by atoms with E-state index in [4.69, 9.17) is 5.11 Å². The van der Waals surface area contributed by atoms with Crippen LogP contribution in [0.4, 0.5) is 0 Å². The molecule has 3 nitrogen and oxygen atoms in total. The number of nitrogens with one attached hydrogen (secondary N) is 1. The van der Waals surface area contributed by atoms with Crippen LogP contribution in [-0.2, 0) is 10.2 Å². The minimum absolute atomic E-state index is 0.0771. The zero-order chi connectivity index (χ0) is 12.1. The number of hydrogen-bond acceptors (Lipinski definition) is 2. The fraction of sp³-hybridized carbons (Fsp3) is 0.500. The Morgan fingerprint density at radius 2 is 2.06 bits per heavy atom. The summed E-state index contributed by atoms with van der Waals surface area (Å²) in [6.45, 7) is 0.926. The van der Waals surface area contributed by atoms with Crippen LogP contribution in [0.2, 0.25) is 0 Å². The van der Waals surface area contributed by atoms with Gasteiger partial charge in [-0.25, -0.2) is 0 Å². The van der Waals surface area contributed by atoms with E-state index in [2.05, 4.69) is 17.4 Å². The number of amides is 1. The molecule has 1 heterocycles. The summed E-state index contributed by atoms with van der Waals surface area (Å²) in [5, 5.41) is 11.9. The Kier molecular flexibility index (Phi) is 3.79. The van der Waals surface area contributed by atoms with Gasteiger partial charge < -0.3 is 10.4 Å². The number of carbonyl (C=O) groups excluding carboxylic acids is 1. The lowest BCUT2D eigenvalue weighted by atomic mass is 9.70. The molecule has 1 saturated heterocycles. The number of piperidine rings is 1. The maximum absolute atomic E-state index is 11.6. The summed E-state index contributed by atoms with van der Waals surface area (Å²) in [5.41, 5.74) is 1.15. The molecule has 1 aliphatic rings. The van der Waals surface area contributed by atoms with Gasteiger partial charge in [0.2, 0.25) is 5.91 Å². The lowest BCUT2D eigenvalue weighted by Crippen LogP contribution is -2.43. The molecule has 0 saturated carbocycles. The molecule has 2 rings (SSSR count). The maximum atomic E-state index is 11.6. The van der Waals surface area contributed by atoms with Crippen LogP contribution in [0.25, 0.3) is 0 Å². The van der Waals surface area contributed by atoms with Crippen molar-refractivity contribution in [2.45, 2.75) is 31.1 Å². The summed E-state index contributed by atoms with van der Waals surface area (Å²) in [6.07, 6.45) is 3.13. The van der Waals surface area contributed by atoms with Crippen molar-refractivity contribution in [3.63, 3.8) is 0 Å². The molecular formula is C14H19NO2. The minimum Gasteiger partial charge on any atom is -0.396 e. The van der Waals surface area contributed by atoms with Crippen molar-refractivity contribution in [2.75, 3.05) is 13.2 Å². The molecule has 0 spiro atoms. The van der Waals surface area contributed by atoms with Crippen molar-refractivity contribution >= 4 is 5.91 Å². The van der Waals surface area contributed by atoms with Gasteiger partial charge in [-0.1, -0.05) is 30.3 Å². The van der Waals surface area contributed by atoms with Crippen molar-refractivity contribution in [3.05, 3.63) is 35.9 Å². The van der Waals surface area contributed by atoms with E-state index in [1.807, 2.05) is 18.2 Å². The van der Waals surface area contributed by atoms with Crippen LogP contribution in [0, 0.1) is 0 Å². The molecule has 1 aromatic rings. The van der Waals surface area contributed by atoms with E-state index < -0.39 is 0 Å². The second-order valence-electron chi connectivity index (χ2n) is 4.75. The van der Waals surface area contributed by atoms with Crippen LogP contribution >= 0.6 is 0 Å². The molecule has 0 bridgehead atoms. The first kappa shape index (κ1) is 12.1. The highest BCUT2D eigenvalue weighted by Gasteiger charge is 2.36. The summed E-state index contributed by atoms with van der Waals surface area (Å²) < 4.78 is 0. The van der Waals surface area contributed by atoms with E-state index >= 15 is 0 Å². The zero-order valence-corrected chi connectivity index (χ0v) is 9.98. The number of rotatable bonds is 4. The molecule has 0 aliphatic carbocycles. The van der Waals surface area contributed by atoms with E-state index in [1.54, 1.807) is 0 Å². The number of benzene rings is 1. The SMILES string of the molecule is O=C1CC(CCCO)(c2ccccc2)CCN1. The van der Waals surface area contributed by atoms with Crippen molar-refractivity contribution in [1.29, 1.82) is 0 Å². The fourth-order valence-corrected chi connectivity index (χ4v) is 2.71. The second kappa shape index (κ2) is 5.32. The van der Waals surface area contributed by atoms with Gasteiger partial charge in [-0.2, -0.15) is 0 Å². The Morgan fingerprint density at radius 3 is 2.71 bits per heavy atom. The lowest BCUT2D eigenvalue weighted by Gasteiger charge is -2.37. The predicted molar refractivity (Wildman–Crippen MR) is 66.7 cm³/mol. The third-order valence-electron chi connectivity index (χ3n) is 3.62. The highest BCUT2D eigenvalue weighted by molar-refractivity contribution is 5.78. The van der Waals surface area contributed by atoms with Crippen LogP contribution in [0.1, 0.15) is 31.2 Å². The van der Waals surface area contributed by atoms with Gasteiger partial charge >= 0.3 is 0 Å². The van der Waals surface area contributed by atoms with E-state index in [9.17, 15) is 4.79 Å². The van der Waals surface area contributed by atoms with Gasteiger partial charge in [0.05, 0.1) is 0 Å². The number of hydrogen-bond donors (Lipinski definition) is 2. The van der Waals surface area contributed by atoms with E-state index in [-0.39, 0.29) is 17.9 Å². The molecule has 1 aromatic carbocycles. The van der Waals surface area contributed by atoms with Gasteiger partial charge in [0.25, 0.3) is 0 Å². The molecule has 2 N–H and O–H groups in total. The van der Waals surface area contributed by atoms with Crippen LogP contribution in [0.3, 0.4) is 0 Å². The predicted octanol–water partition coefficient (Wildman–Crippen LogP) is 1.61. The smallest absolute Gasteiger partial charge is 0.220 e. The Balaban J connectivity index is 2.26. The fourth-order valence-electron chi connectivity index (χ4n) is 2.71. The molecule has 92 valence electrons. The highest BCUT2D eigenvalue weighted by atomic mass is 16.2. The van der Waals surface area contributed by atoms with Gasteiger partial charge in [0, 0.05) is 25.0 Å². The lowest BCUT2D eigenvalue weighted by molar-refractivity contribution is -0.124. The van der Waals surface area contributed by atoms with E-state index in [1.165, 1.54) is 5.56 Å². The molecular weight excluding hydrogens is 214 g/mol. The van der Waals surface area contributed by atoms with Gasteiger partial charge in [0.15, 0.2) is 0 Å². The normalized spacial score (nSPS) is 24.4. The van der Waals surface area contributed by atoms with Gasteiger partial charge in [-0.05, 0) is 24.8 Å². The topological polar surface area (TPSA) is 49.3 Å². The highest BCUT2D eigenvalue weighted by Crippen LogP contribution is 2.37. The Morgan fingerprint density at radius 1 is 1.29 bits per heavy atom. The molecule has 1 fully saturated rings. The molecule has 0 radical (unpaired) electrons. The summed E-state index contributed by atoms with van der Waals surface area (Å²) in [7, 11) is 0. The third-order valence-corrected chi connectivity index (χ3v) is 3.62. The van der Waals surface area contributed by atoms with Gasteiger partial charge in [-0.3, -0.25) is 4.79 Å². The maximum Gasteiger partial charge on any atom is 0.220 e. The quantitative estimate of drug-likeness (QED) is 0.830. The summed E-state index contributed by atoms with van der Waals surface area (Å²) >= 11 is 0. The molecule has 3 heteroatoms. The van der Waals surface area contributed by atoms with Crippen LogP contribution in [0.15, 0.2) is 30.3 Å². The largest absolute Gasteiger partial charge is 0.396 e. The Hall–Kier alpha value is -1.35. The first-order valence-corrected chi connectivity index (χ1v) is 6.20. The summed E-state index contributed by atoms with van der Waals surface area (Å²) in [4.78, 5) is 11.6. The number of carbonyl (C=O) groups is 1. The average Bonchev–Trinajstić information content (AvgIpc) is 2.37. The summed E-state index contributed by atoms with van der Waals surface area (Å²) in [6, 6.07) is 10.2. The van der Waals surface area contributed by atoms with Gasteiger partial charge in [0.1, 0.15) is 0 Å².